The van der Waals surface area contributed by atoms with Gasteiger partial charge in [-0.1, -0.05) is 37.3 Å². The van der Waals surface area contributed by atoms with Gasteiger partial charge in [-0.3, -0.25) is 9.59 Å². The fourth-order valence-electron chi connectivity index (χ4n) is 4.67. The van der Waals surface area contributed by atoms with Crippen LogP contribution in [0.3, 0.4) is 0 Å². The molecule has 1 aromatic carbocycles. The Kier molecular flexibility index (Phi) is 3.95. The van der Waals surface area contributed by atoms with Gasteiger partial charge in [0.05, 0.1) is 5.69 Å². The quantitative estimate of drug-likeness (QED) is 0.699. The molecule has 2 heterocycles. The number of hydrogen-bond donors (Lipinski definition) is 2. The van der Waals surface area contributed by atoms with Gasteiger partial charge in [-0.25, -0.2) is 4.98 Å². The lowest BCUT2D eigenvalue weighted by Crippen LogP contribution is -2.20. The van der Waals surface area contributed by atoms with Gasteiger partial charge in [0, 0.05) is 42.3 Å². The highest BCUT2D eigenvalue weighted by Gasteiger charge is 2.58. The molecular formula is C24H23N3O2. The lowest BCUT2D eigenvalue weighted by atomic mass is 9.84. The maximum Gasteiger partial charge on any atom is 0.222 e. The number of amides is 1. The minimum absolute atomic E-state index is 0.107. The molecule has 0 saturated heterocycles. The number of aromatic nitrogens is 2. The lowest BCUT2D eigenvalue weighted by Gasteiger charge is -2.17. The maximum atomic E-state index is 13.2. The van der Waals surface area contributed by atoms with E-state index >= 15 is 0 Å². The van der Waals surface area contributed by atoms with Crippen molar-refractivity contribution in [2.24, 2.45) is 11.3 Å². The van der Waals surface area contributed by atoms with Gasteiger partial charge in [0.2, 0.25) is 5.91 Å². The van der Waals surface area contributed by atoms with E-state index in [0.717, 1.165) is 40.9 Å². The second kappa shape index (κ2) is 6.41. The molecule has 1 amide bonds. The lowest BCUT2D eigenvalue weighted by molar-refractivity contribution is -0.114. The number of pyridine rings is 1. The van der Waals surface area contributed by atoms with Gasteiger partial charge in [0.1, 0.15) is 5.82 Å². The monoisotopic (exact) mass is 385 g/mol. The fourth-order valence-corrected chi connectivity index (χ4v) is 4.67. The molecule has 0 radical (unpaired) electrons. The number of aromatic amines is 1. The molecule has 2 aliphatic carbocycles. The molecule has 2 atom stereocenters. The predicted molar refractivity (Wildman–Crippen MR) is 112 cm³/mol. The second-order valence-electron chi connectivity index (χ2n) is 8.56. The molecule has 5 nitrogen and oxygen atoms in total. The number of nitrogens with zero attached hydrogens (tertiary/aromatic N) is 1. The van der Waals surface area contributed by atoms with Gasteiger partial charge in [0.25, 0.3) is 0 Å². The Balaban J connectivity index is 1.64. The predicted octanol–water partition coefficient (Wildman–Crippen LogP) is 4.39. The van der Waals surface area contributed by atoms with Crippen LogP contribution in [0.4, 0.5) is 5.82 Å². The zero-order chi connectivity index (χ0) is 20.2. The molecule has 2 aromatic heterocycles. The topological polar surface area (TPSA) is 74.8 Å². The van der Waals surface area contributed by atoms with E-state index in [-0.39, 0.29) is 23.0 Å². The van der Waals surface area contributed by atoms with Crippen LogP contribution in [0.2, 0.25) is 0 Å². The second-order valence-corrected chi connectivity index (χ2v) is 8.56. The van der Waals surface area contributed by atoms with Crippen molar-refractivity contribution in [1.82, 2.24) is 9.97 Å². The van der Waals surface area contributed by atoms with Gasteiger partial charge < -0.3 is 10.3 Å². The Morgan fingerprint density at radius 2 is 2.07 bits per heavy atom. The summed E-state index contributed by atoms with van der Waals surface area (Å²) >= 11 is 0. The summed E-state index contributed by atoms with van der Waals surface area (Å²) in [6, 6.07) is 14.0. The van der Waals surface area contributed by atoms with E-state index in [9.17, 15) is 9.59 Å². The number of carbonyl (C=O) groups is 2. The average molecular weight is 385 g/mol. The Labute approximate surface area is 169 Å². The first-order valence-electron chi connectivity index (χ1n) is 10.0. The third-order valence-corrected chi connectivity index (χ3v) is 6.25. The summed E-state index contributed by atoms with van der Waals surface area (Å²) < 4.78 is 0. The Bertz CT molecular complexity index is 1130. The minimum atomic E-state index is -0.159. The van der Waals surface area contributed by atoms with Crippen molar-refractivity contribution in [1.29, 1.82) is 0 Å². The summed E-state index contributed by atoms with van der Waals surface area (Å²) in [7, 11) is 0. The van der Waals surface area contributed by atoms with Crippen LogP contribution >= 0.6 is 0 Å². The summed E-state index contributed by atoms with van der Waals surface area (Å²) in [4.78, 5) is 32.5. The molecule has 0 bridgehead atoms. The number of Topliss-reactive ketones (excluding diaryl/α,β-unsaturated/α-hetero) is 1. The summed E-state index contributed by atoms with van der Waals surface area (Å²) in [6.45, 7) is 3.67. The number of anilines is 1. The molecular weight excluding hydrogens is 362 g/mol. The van der Waals surface area contributed by atoms with Crippen LogP contribution in [-0.2, 0) is 17.6 Å². The normalized spacial score (nSPS) is 22.0. The first-order valence-corrected chi connectivity index (χ1v) is 10.0. The number of benzene rings is 1. The first-order chi connectivity index (χ1) is 13.9. The number of rotatable bonds is 4. The van der Waals surface area contributed by atoms with Crippen molar-refractivity contribution in [2.75, 3.05) is 5.32 Å². The van der Waals surface area contributed by atoms with Crippen LogP contribution < -0.4 is 5.32 Å². The zero-order valence-corrected chi connectivity index (χ0v) is 16.6. The summed E-state index contributed by atoms with van der Waals surface area (Å²) in [5.74, 6) is 0.779. The smallest absolute Gasteiger partial charge is 0.222 e. The molecule has 29 heavy (non-hydrogen) atoms. The van der Waals surface area contributed by atoms with Crippen LogP contribution in [0.5, 0.6) is 0 Å². The summed E-state index contributed by atoms with van der Waals surface area (Å²) in [5, 5.41) is 2.74. The highest BCUT2D eigenvalue weighted by molar-refractivity contribution is 6.05. The van der Waals surface area contributed by atoms with E-state index in [1.165, 1.54) is 12.5 Å². The van der Waals surface area contributed by atoms with Crippen molar-refractivity contribution >= 4 is 17.5 Å². The molecule has 0 spiro atoms. The Morgan fingerprint density at radius 1 is 1.28 bits per heavy atom. The molecule has 0 aliphatic heterocycles. The fraction of sp³-hybridized carbons (Fsp3) is 0.292. The standard InChI is InChI=1S/C24H23N3O2/c1-14(28)26-20-11-16(8-9-25-20)22-17(10-15-6-4-3-5-7-15)21-19(27-22)13-24(2)12-18(24)23(21)29/h3-9,11,18,27H,10,12-13H2,1-2H3,(H,25,26,28)/t18-,24+/m0/s1. The largest absolute Gasteiger partial charge is 0.358 e. The number of hydrogen-bond acceptors (Lipinski definition) is 3. The average Bonchev–Trinajstić information content (AvgIpc) is 3.25. The number of fused-ring (bicyclic) bond motifs is 2. The van der Waals surface area contributed by atoms with Crippen molar-refractivity contribution in [3.8, 4) is 11.3 Å². The van der Waals surface area contributed by atoms with Crippen molar-refractivity contribution < 1.29 is 9.59 Å². The third-order valence-electron chi connectivity index (χ3n) is 6.25. The molecule has 0 unspecified atom stereocenters. The van der Waals surface area contributed by atoms with E-state index in [1.807, 2.05) is 30.3 Å². The van der Waals surface area contributed by atoms with Crippen molar-refractivity contribution in [2.45, 2.75) is 33.1 Å². The van der Waals surface area contributed by atoms with Crippen LogP contribution in [-0.4, -0.2) is 21.7 Å². The molecule has 1 fully saturated rings. The zero-order valence-electron chi connectivity index (χ0n) is 16.6. The van der Waals surface area contributed by atoms with E-state index in [4.69, 9.17) is 0 Å². The van der Waals surface area contributed by atoms with Crippen LogP contribution in [0.15, 0.2) is 48.7 Å². The number of carbonyl (C=O) groups excluding carboxylic acids is 2. The molecule has 1 saturated carbocycles. The maximum absolute atomic E-state index is 13.2. The van der Waals surface area contributed by atoms with Crippen molar-refractivity contribution in [3.05, 3.63) is 71.0 Å². The number of nitrogens with one attached hydrogen (secondary N) is 2. The van der Waals surface area contributed by atoms with Crippen LogP contribution in [0.25, 0.3) is 11.3 Å². The molecule has 2 N–H and O–H groups in total. The molecule has 5 rings (SSSR count). The highest BCUT2D eigenvalue weighted by Crippen LogP contribution is 2.59. The number of ketones is 1. The highest BCUT2D eigenvalue weighted by atomic mass is 16.1. The van der Waals surface area contributed by atoms with Gasteiger partial charge in [-0.15, -0.1) is 0 Å². The molecule has 2 aliphatic rings. The van der Waals surface area contributed by atoms with Crippen LogP contribution in [0, 0.1) is 11.3 Å². The summed E-state index contributed by atoms with van der Waals surface area (Å²) in [5.41, 5.74) is 6.12. The minimum Gasteiger partial charge on any atom is -0.358 e. The van der Waals surface area contributed by atoms with E-state index in [2.05, 4.69) is 34.3 Å². The third kappa shape index (κ3) is 3.07. The molecule has 5 heteroatoms. The van der Waals surface area contributed by atoms with Gasteiger partial charge in [-0.05, 0) is 41.5 Å². The first kappa shape index (κ1) is 17.9. The van der Waals surface area contributed by atoms with E-state index < -0.39 is 0 Å². The molecule has 3 aromatic rings. The van der Waals surface area contributed by atoms with Gasteiger partial charge >= 0.3 is 0 Å². The van der Waals surface area contributed by atoms with Gasteiger partial charge in [-0.2, -0.15) is 0 Å². The van der Waals surface area contributed by atoms with Crippen LogP contribution in [0.1, 0.15) is 47.4 Å². The Morgan fingerprint density at radius 3 is 2.83 bits per heavy atom. The van der Waals surface area contributed by atoms with E-state index in [1.54, 1.807) is 6.20 Å². The van der Waals surface area contributed by atoms with Crippen molar-refractivity contribution in [3.63, 3.8) is 0 Å². The Hall–Kier alpha value is -3.21. The number of H-pyrrole nitrogens is 1. The SMILES string of the molecule is CC(=O)Nc1cc(-c2[nH]c3c(c2Cc2ccccc2)C(=O)[C@@H]2C[C@]2(C)C3)ccn1. The molecule has 146 valence electrons. The summed E-state index contributed by atoms with van der Waals surface area (Å²) in [6.07, 6.45) is 4.27. The van der Waals surface area contributed by atoms with E-state index in [0.29, 0.717) is 12.2 Å². The van der Waals surface area contributed by atoms with Gasteiger partial charge in [0.15, 0.2) is 5.78 Å².